The van der Waals surface area contributed by atoms with E-state index >= 15 is 0 Å². The molecule has 0 spiro atoms. The third-order valence-electron chi connectivity index (χ3n) is 2.93. The van der Waals surface area contributed by atoms with Crippen LogP contribution in [0.15, 0.2) is 65.3 Å². The Labute approximate surface area is 99.1 Å². The number of hydrogen-bond donors (Lipinski definition) is 1. The fraction of sp³-hybridized carbons (Fsp3) is 0.0667. The van der Waals surface area contributed by atoms with Crippen molar-refractivity contribution in [3.8, 4) is 0 Å². The molecule has 0 fully saturated rings. The number of aliphatic hydroxyl groups excluding tert-OH is 1. The molecule has 1 aromatic heterocycles. The van der Waals surface area contributed by atoms with Gasteiger partial charge in [0.05, 0.1) is 6.26 Å². The largest absolute Gasteiger partial charge is 0.466 e. The van der Waals surface area contributed by atoms with E-state index in [-0.39, 0.29) is 0 Å². The van der Waals surface area contributed by atoms with Gasteiger partial charge in [-0.15, -0.1) is 0 Å². The highest BCUT2D eigenvalue weighted by atomic mass is 16.4. The molecule has 1 atom stereocenters. The molecule has 1 heterocycles. The summed E-state index contributed by atoms with van der Waals surface area (Å²) in [6, 6.07) is 17.5. The van der Waals surface area contributed by atoms with Crippen molar-refractivity contribution in [3.05, 3.63) is 72.2 Å². The standard InChI is InChI=1S/C15H12O2/c16-15(14-9-4-10-17-14)13-8-3-6-11-5-1-2-7-12(11)13/h1-10,15-16H/t15-/m0/s1. The first-order chi connectivity index (χ1) is 8.36. The smallest absolute Gasteiger partial charge is 0.137 e. The fourth-order valence-corrected chi connectivity index (χ4v) is 2.09. The van der Waals surface area contributed by atoms with Crippen molar-refractivity contribution in [1.29, 1.82) is 0 Å². The van der Waals surface area contributed by atoms with Crippen LogP contribution in [-0.2, 0) is 0 Å². The first kappa shape index (κ1) is 10.1. The van der Waals surface area contributed by atoms with Crippen molar-refractivity contribution in [2.45, 2.75) is 6.10 Å². The minimum atomic E-state index is -0.712. The number of rotatable bonds is 2. The van der Waals surface area contributed by atoms with E-state index in [1.807, 2.05) is 42.5 Å². The summed E-state index contributed by atoms with van der Waals surface area (Å²) < 4.78 is 5.25. The van der Waals surface area contributed by atoms with E-state index in [2.05, 4.69) is 0 Å². The van der Waals surface area contributed by atoms with Crippen LogP contribution in [0, 0.1) is 0 Å². The van der Waals surface area contributed by atoms with Gasteiger partial charge < -0.3 is 9.52 Å². The second kappa shape index (κ2) is 4.07. The van der Waals surface area contributed by atoms with Gasteiger partial charge in [0.25, 0.3) is 0 Å². The number of furan rings is 1. The first-order valence-corrected chi connectivity index (χ1v) is 5.55. The minimum absolute atomic E-state index is 0.571. The molecule has 2 heteroatoms. The van der Waals surface area contributed by atoms with Crippen LogP contribution in [0.25, 0.3) is 10.8 Å². The van der Waals surface area contributed by atoms with Crippen LogP contribution in [0.3, 0.4) is 0 Å². The monoisotopic (exact) mass is 224 g/mol. The molecule has 2 nitrogen and oxygen atoms in total. The average Bonchev–Trinajstić information content (AvgIpc) is 2.91. The van der Waals surface area contributed by atoms with Gasteiger partial charge in [0.1, 0.15) is 11.9 Å². The molecular formula is C15H12O2. The maximum atomic E-state index is 10.3. The molecule has 0 aliphatic rings. The lowest BCUT2D eigenvalue weighted by Gasteiger charge is -2.11. The molecule has 0 unspecified atom stereocenters. The van der Waals surface area contributed by atoms with Gasteiger partial charge in [-0.05, 0) is 28.5 Å². The molecule has 84 valence electrons. The van der Waals surface area contributed by atoms with E-state index < -0.39 is 6.10 Å². The van der Waals surface area contributed by atoms with E-state index in [0.29, 0.717) is 5.76 Å². The van der Waals surface area contributed by atoms with Gasteiger partial charge >= 0.3 is 0 Å². The van der Waals surface area contributed by atoms with Gasteiger partial charge in [0.15, 0.2) is 0 Å². The quantitative estimate of drug-likeness (QED) is 0.722. The van der Waals surface area contributed by atoms with Crippen LogP contribution in [0.2, 0.25) is 0 Å². The molecule has 1 N–H and O–H groups in total. The van der Waals surface area contributed by atoms with E-state index in [0.717, 1.165) is 16.3 Å². The van der Waals surface area contributed by atoms with Gasteiger partial charge in [-0.1, -0.05) is 42.5 Å². The highest BCUT2D eigenvalue weighted by molar-refractivity contribution is 5.86. The lowest BCUT2D eigenvalue weighted by molar-refractivity contribution is 0.191. The van der Waals surface area contributed by atoms with Gasteiger partial charge in [0.2, 0.25) is 0 Å². The molecule has 0 amide bonds. The molecule has 2 aromatic carbocycles. The second-order valence-electron chi connectivity index (χ2n) is 3.99. The maximum absolute atomic E-state index is 10.3. The van der Waals surface area contributed by atoms with Crippen LogP contribution >= 0.6 is 0 Å². The number of benzene rings is 2. The van der Waals surface area contributed by atoms with E-state index in [4.69, 9.17) is 4.42 Å². The zero-order valence-corrected chi connectivity index (χ0v) is 9.21. The Kier molecular flexibility index (Phi) is 2.42. The molecule has 0 saturated carbocycles. The summed E-state index contributed by atoms with van der Waals surface area (Å²) in [5.41, 5.74) is 0.873. The highest BCUT2D eigenvalue weighted by Gasteiger charge is 2.15. The van der Waals surface area contributed by atoms with Crippen molar-refractivity contribution >= 4 is 10.8 Å². The summed E-state index contributed by atoms with van der Waals surface area (Å²) >= 11 is 0. The number of fused-ring (bicyclic) bond motifs is 1. The molecule has 17 heavy (non-hydrogen) atoms. The average molecular weight is 224 g/mol. The van der Waals surface area contributed by atoms with Gasteiger partial charge in [0, 0.05) is 0 Å². The minimum Gasteiger partial charge on any atom is -0.466 e. The van der Waals surface area contributed by atoms with Crippen molar-refractivity contribution in [1.82, 2.24) is 0 Å². The zero-order chi connectivity index (χ0) is 11.7. The fourth-order valence-electron chi connectivity index (χ4n) is 2.09. The van der Waals surface area contributed by atoms with Crippen molar-refractivity contribution in [2.24, 2.45) is 0 Å². The van der Waals surface area contributed by atoms with Gasteiger partial charge in [-0.25, -0.2) is 0 Å². The zero-order valence-electron chi connectivity index (χ0n) is 9.21. The maximum Gasteiger partial charge on any atom is 0.137 e. The Bertz CT molecular complexity index is 621. The van der Waals surface area contributed by atoms with E-state index in [9.17, 15) is 5.11 Å². The molecule has 0 saturated heterocycles. The van der Waals surface area contributed by atoms with Gasteiger partial charge in [-0.3, -0.25) is 0 Å². The third-order valence-corrected chi connectivity index (χ3v) is 2.93. The van der Waals surface area contributed by atoms with Gasteiger partial charge in [-0.2, -0.15) is 0 Å². The van der Waals surface area contributed by atoms with Crippen molar-refractivity contribution in [3.63, 3.8) is 0 Å². The number of aliphatic hydroxyl groups is 1. The van der Waals surface area contributed by atoms with Crippen LogP contribution in [0.1, 0.15) is 17.4 Å². The third kappa shape index (κ3) is 1.73. The Morgan fingerprint density at radius 3 is 2.53 bits per heavy atom. The SMILES string of the molecule is O[C@H](c1ccco1)c1cccc2ccccc12. The Morgan fingerprint density at radius 1 is 0.882 bits per heavy atom. The first-order valence-electron chi connectivity index (χ1n) is 5.55. The summed E-state index contributed by atoms with van der Waals surface area (Å²) in [5.74, 6) is 0.571. The molecular weight excluding hydrogens is 212 g/mol. The van der Waals surface area contributed by atoms with Crippen LogP contribution < -0.4 is 0 Å². The number of hydrogen-bond acceptors (Lipinski definition) is 2. The lowest BCUT2D eigenvalue weighted by Crippen LogP contribution is -1.98. The summed E-state index contributed by atoms with van der Waals surface area (Å²) in [6.45, 7) is 0. The van der Waals surface area contributed by atoms with E-state index in [1.54, 1.807) is 18.4 Å². The predicted octanol–water partition coefficient (Wildman–Crippen LogP) is 3.51. The molecule has 0 radical (unpaired) electrons. The normalized spacial score (nSPS) is 12.8. The molecule has 3 rings (SSSR count). The van der Waals surface area contributed by atoms with Crippen LogP contribution in [0.5, 0.6) is 0 Å². The van der Waals surface area contributed by atoms with Crippen LogP contribution in [-0.4, -0.2) is 5.11 Å². The second-order valence-corrected chi connectivity index (χ2v) is 3.99. The Balaban J connectivity index is 2.17. The topological polar surface area (TPSA) is 33.4 Å². The molecule has 3 aromatic rings. The molecule has 0 aliphatic carbocycles. The van der Waals surface area contributed by atoms with Crippen molar-refractivity contribution in [2.75, 3.05) is 0 Å². The summed E-state index contributed by atoms with van der Waals surface area (Å²) in [5, 5.41) is 12.5. The Morgan fingerprint density at radius 2 is 1.71 bits per heavy atom. The molecule has 0 bridgehead atoms. The summed E-state index contributed by atoms with van der Waals surface area (Å²) in [6.07, 6.45) is 0.861. The summed E-state index contributed by atoms with van der Waals surface area (Å²) in [7, 11) is 0. The summed E-state index contributed by atoms with van der Waals surface area (Å²) in [4.78, 5) is 0. The van der Waals surface area contributed by atoms with Crippen molar-refractivity contribution < 1.29 is 9.52 Å². The van der Waals surface area contributed by atoms with Crippen LogP contribution in [0.4, 0.5) is 0 Å². The predicted molar refractivity (Wildman–Crippen MR) is 66.7 cm³/mol. The van der Waals surface area contributed by atoms with E-state index in [1.165, 1.54) is 0 Å². The Hall–Kier alpha value is -2.06. The lowest BCUT2D eigenvalue weighted by atomic mass is 9.99. The highest BCUT2D eigenvalue weighted by Crippen LogP contribution is 2.28. The molecule has 0 aliphatic heterocycles.